The van der Waals surface area contributed by atoms with Crippen molar-refractivity contribution in [3.05, 3.63) is 0 Å². The molecule has 0 fully saturated rings. The van der Waals surface area contributed by atoms with Crippen LogP contribution in [0.2, 0.25) is 0 Å². The van der Waals surface area contributed by atoms with Gasteiger partial charge >= 0.3 is 13.8 Å². The smallest absolute Gasteiger partial charge is 0.458 e. The van der Waals surface area contributed by atoms with Crippen LogP contribution in [-0.4, -0.2) is 75.6 Å². The van der Waals surface area contributed by atoms with Gasteiger partial charge in [0.05, 0.1) is 34.4 Å². The Balaban J connectivity index is 3.68. The number of likely N-dealkylation sites (N-methyl/N-ethyl adjacent to an activating group) is 1. The lowest BCUT2D eigenvalue weighted by Crippen LogP contribution is -2.37. The Morgan fingerprint density at radius 1 is 0.711 bits per heavy atom. The maximum absolute atomic E-state index is 12.1. The zero-order valence-electron chi connectivity index (χ0n) is 25.4. The van der Waals surface area contributed by atoms with Gasteiger partial charge in [-0.05, 0) is 6.42 Å². The number of hydrogen-bond acceptors (Lipinski definition) is 6. The molecule has 0 bridgehead atoms. The summed E-state index contributed by atoms with van der Waals surface area (Å²) in [5.74, 6) is -0.487. The van der Waals surface area contributed by atoms with Gasteiger partial charge in [0.25, 0.3) is 0 Å². The van der Waals surface area contributed by atoms with Gasteiger partial charge in [-0.15, -0.1) is 0 Å². The molecular formula is C29H61NO7P+. The predicted octanol–water partition coefficient (Wildman–Crippen LogP) is 7.43. The van der Waals surface area contributed by atoms with Crippen molar-refractivity contribution < 1.29 is 37.3 Å². The number of unbranched alkanes of at least 4 members (excludes halogenated alkanes) is 16. The fourth-order valence-corrected chi connectivity index (χ4v) is 4.88. The van der Waals surface area contributed by atoms with Crippen LogP contribution in [0.25, 0.3) is 0 Å². The van der Waals surface area contributed by atoms with E-state index in [2.05, 4.69) is 6.92 Å². The average Bonchev–Trinajstić information content (AvgIpc) is 2.82. The molecule has 0 saturated carbocycles. The van der Waals surface area contributed by atoms with Gasteiger partial charge in [0.2, 0.25) is 0 Å². The summed E-state index contributed by atoms with van der Waals surface area (Å²) in [5, 5.41) is 0. The second-order valence-corrected chi connectivity index (χ2v) is 13.0. The first-order valence-corrected chi connectivity index (χ1v) is 16.7. The van der Waals surface area contributed by atoms with Crippen LogP contribution in [0.3, 0.4) is 0 Å². The first-order valence-electron chi connectivity index (χ1n) is 15.2. The Morgan fingerprint density at radius 3 is 1.58 bits per heavy atom. The van der Waals surface area contributed by atoms with Crippen molar-refractivity contribution in [2.24, 2.45) is 0 Å². The molecule has 0 radical (unpaired) electrons. The molecule has 228 valence electrons. The number of nitrogens with zero attached hydrogens (tertiary/aromatic N) is 1. The summed E-state index contributed by atoms with van der Waals surface area (Å²) < 4.78 is 33.5. The van der Waals surface area contributed by atoms with Crippen LogP contribution in [0.15, 0.2) is 0 Å². The molecule has 0 aliphatic heterocycles. The van der Waals surface area contributed by atoms with E-state index in [9.17, 15) is 14.3 Å². The number of phosphoric ester groups is 1. The number of rotatable bonds is 28. The molecule has 1 N–H and O–H groups in total. The first kappa shape index (κ1) is 37.5. The molecule has 0 saturated heterocycles. The third kappa shape index (κ3) is 28.5. The largest absolute Gasteiger partial charge is 0.472 e. The number of esters is 1. The minimum atomic E-state index is -4.21. The summed E-state index contributed by atoms with van der Waals surface area (Å²) in [6, 6.07) is 0. The molecule has 0 aromatic carbocycles. The van der Waals surface area contributed by atoms with Gasteiger partial charge in [-0.25, -0.2) is 4.57 Å². The van der Waals surface area contributed by atoms with Crippen molar-refractivity contribution in [3.63, 3.8) is 0 Å². The standard InChI is InChI=1S/C29H60NO7P/c1-6-7-8-9-10-11-12-13-14-15-16-17-18-19-20-21-22-24-34-26-29(37-28(2)31)27-36-38(32,33)35-25-23-30(3,4)5/h29H,6-27H2,1-5H3/p+1/t29-/m1/s1. The monoisotopic (exact) mass is 566 g/mol. The number of phosphoric acid groups is 1. The Kier molecular flexibility index (Phi) is 24.0. The molecule has 0 rings (SSSR count). The Morgan fingerprint density at radius 2 is 1.16 bits per heavy atom. The van der Waals surface area contributed by atoms with E-state index in [1.165, 1.54) is 103 Å². The Bertz CT molecular complexity index is 598. The van der Waals surface area contributed by atoms with E-state index in [4.69, 9.17) is 18.5 Å². The molecule has 0 aromatic rings. The van der Waals surface area contributed by atoms with Gasteiger partial charge in [-0.1, -0.05) is 110 Å². The highest BCUT2D eigenvalue weighted by molar-refractivity contribution is 7.47. The summed E-state index contributed by atoms with van der Waals surface area (Å²) >= 11 is 0. The van der Waals surface area contributed by atoms with Gasteiger partial charge < -0.3 is 18.9 Å². The summed E-state index contributed by atoms with van der Waals surface area (Å²) in [6.45, 7) is 4.64. The lowest BCUT2D eigenvalue weighted by atomic mass is 10.0. The first-order chi connectivity index (χ1) is 18.1. The number of ether oxygens (including phenoxy) is 2. The molecule has 38 heavy (non-hydrogen) atoms. The molecule has 0 spiro atoms. The van der Waals surface area contributed by atoms with Gasteiger partial charge in [0.15, 0.2) is 0 Å². The maximum Gasteiger partial charge on any atom is 0.472 e. The van der Waals surface area contributed by atoms with Crippen molar-refractivity contribution in [2.75, 3.05) is 54.1 Å². The highest BCUT2D eigenvalue weighted by Crippen LogP contribution is 2.43. The summed E-state index contributed by atoms with van der Waals surface area (Å²) in [4.78, 5) is 21.2. The van der Waals surface area contributed by atoms with Crippen LogP contribution in [0, 0.1) is 0 Å². The van der Waals surface area contributed by atoms with E-state index in [1.54, 1.807) is 0 Å². The van der Waals surface area contributed by atoms with Crippen molar-refractivity contribution in [2.45, 2.75) is 129 Å². The molecule has 1 unspecified atom stereocenters. The maximum atomic E-state index is 12.1. The summed E-state index contributed by atoms with van der Waals surface area (Å²) in [7, 11) is 1.66. The van der Waals surface area contributed by atoms with Crippen molar-refractivity contribution >= 4 is 13.8 Å². The highest BCUT2D eigenvalue weighted by Gasteiger charge is 2.25. The normalized spacial score (nSPS) is 14.4. The van der Waals surface area contributed by atoms with E-state index in [0.717, 1.165) is 12.8 Å². The van der Waals surface area contributed by atoms with Gasteiger partial charge in [-0.3, -0.25) is 13.8 Å². The Hall–Kier alpha value is -0.500. The van der Waals surface area contributed by atoms with Gasteiger partial charge in [0.1, 0.15) is 19.3 Å². The molecule has 2 atom stereocenters. The molecular weight excluding hydrogens is 505 g/mol. The second-order valence-electron chi connectivity index (χ2n) is 11.6. The lowest BCUT2D eigenvalue weighted by molar-refractivity contribution is -0.870. The summed E-state index contributed by atoms with van der Waals surface area (Å²) in [5.41, 5.74) is 0. The van der Waals surface area contributed by atoms with E-state index < -0.39 is 19.9 Å². The third-order valence-corrected chi connectivity index (χ3v) is 7.45. The van der Waals surface area contributed by atoms with E-state index in [0.29, 0.717) is 17.6 Å². The second kappa shape index (κ2) is 24.3. The fourth-order valence-electron chi connectivity index (χ4n) is 4.14. The van der Waals surface area contributed by atoms with Crippen LogP contribution in [0.1, 0.15) is 123 Å². The van der Waals surface area contributed by atoms with Gasteiger partial charge in [0, 0.05) is 13.5 Å². The molecule has 0 amide bonds. The number of quaternary nitrogens is 1. The average molecular weight is 567 g/mol. The van der Waals surface area contributed by atoms with Gasteiger partial charge in [-0.2, -0.15) is 0 Å². The number of carbonyl (C=O) groups excluding carboxylic acids is 1. The van der Waals surface area contributed by atoms with Crippen LogP contribution in [0.4, 0.5) is 0 Å². The molecule has 0 heterocycles. The van der Waals surface area contributed by atoms with Crippen LogP contribution in [0.5, 0.6) is 0 Å². The molecule has 8 nitrogen and oxygen atoms in total. The minimum absolute atomic E-state index is 0.0886. The van der Waals surface area contributed by atoms with E-state index in [1.807, 2.05) is 21.1 Å². The fraction of sp³-hybridized carbons (Fsp3) is 0.966. The molecule has 0 aromatic heterocycles. The zero-order valence-corrected chi connectivity index (χ0v) is 26.3. The van der Waals surface area contributed by atoms with Crippen molar-refractivity contribution in [1.82, 2.24) is 0 Å². The quantitative estimate of drug-likeness (QED) is 0.0456. The van der Waals surface area contributed by atoms with Crippen molar-refractivity contribution in [1.29, 1.82) is 0 Å². The number of carbonyl (C=O) groups is 1. The van der Waals surface area contributed by atoms with Crippen LogP contribution >= 0.6 is 7.82 Å². The van der Waals surface area contributed by atoms with E-state index >= 15 is 0 Å². The molecule has 0 aliphatic rings. The van der Waals surface area contributed by atoms with Crippen molar-refractivity contribution in [3.8, 4) is 0 Å². The molecule has 9 heteroatoms. The topological polar surface area (TPSA) is 91.3 Å². The number of hydrogen-bond donors (Lipinski definition) is 1. The SMILES string of the molecule is CCCCCCCCCCCCCCCCCCCOC[C@H](COP(=O)(O)OCC[N+](C)(C)C)OC(C)=O. The zero-order chi connectivity index (χ0) is 28.5. The predicted molar refractivity (Wildman–Crippen MR) is 155 cm³/mol. The Labute approximate surface area is 234 Å². The molecule has 0 aliphatic carbocycles. The third-order valence-electron chi connectivity index (χ3n) is 6.47. The summed E-state index contributed by atoms with van der Waals surface area (Å²) in [6.07, 6.45) is 21.8. The van der Waals surface area contributed by atoms with Crippen LogP contribution < -0.4 is 0 Å². The highest BCUT2D eigenvalue weighted by atomic mass is 31.2. The van der Waals surface area contributed by atoms with Crippen LogP contribution in [-0.2, 0) is 27.9 Å². The van der Waals surface area contributed by atoms with E-state index in [-0.39, 0.29) is 19.8 Å². The minimum Gasteiger partial charge on any atom is -0.458 e. The lowest BCUT2D eigenvalue weighted by Gasteiger charge is -2.24.